The molecule has 1 fully saturated rings. The molecule has 3 atom stereocenters. The van der Waals surface area contributed by atoms with Gasteiger partial charge in [-0.15, -0.1) is 0 Å². The highest BCUT2D eigenvalue weighted by atomic mass is 32.2. The zero-order valence-electron chi connectivity index (χ0n) is 13.9. The van der Waals surface area contributed by atoms with Crippen molar-refractivity contribution in [1.29, 1.82) is 0 Å². The highest BCUT2D eigenvalue weighted by Gasteiger charge is 2.31. The van der Waals surface area contributed by atoms with Crippen LogP contribution in [0.4, 0.5) is 0 Å². The Hall–Kier alpha value is -0.0900. The summed E-state index contributed by atoms with van der Waals surface area (Å²) in [6.07, 6.45) is 5.95. The van der Waals surface area contributed by atoms with Crippen LogP contribution in [0.5, 0.6) is 0 Å². The van der Waals surface area contributed by atoms with Gasteiger partial charge in [0, 0.05) is 12.3 Å². The van der Waals surface area contributed by atoms with Gasteiger partial charge in [0.2, 0.25) is 0 Å². The van der Waals surface area contributed by atoms with Crippen molar-refractivity contribution in [2.24, 2.45) is 23.7 Å². The van der Waals surface area contributed by atoms with Gasteiger partial charge in [0.25, 0.3) is 0 Å². The van der Waals surface area contributed by atoms with E-state index >= 15 is 0 Å². The van der Waals surface area contributed by atoms with Gasteiger partial charge in [0.1, 0.15) is 9.84 Å². The number of hydrogen-bond acceptors (Lipinski definition) is 3. The second-order valence-corrected chi connectivity index (χ2v) is 9.58. The molecule has 0 aromatic carbocycles. The Labute approximate surface area is 125 Å². The predicted octanol–water partition coefficient (Wildman–Crippen LogP) is 3.11. The fourth-order valence-electron chi connectivity index (χ4n) is 3.34. The molecule has 0 aromatic heterocycles. The van der Waals surface area contributed by atoms with Crippen molar-refractivity contribution in [2.45, 2.75) is 59.4 Å². The van der Waals surface area contributed by atoms with Gasteiger partial charge in [0.15, 0.2) is 0 Å². The Morgan fingerprint density at radius 1 is 1.10 bits per heavy atom. The maximum Gasteiger partial charge on any atom is 0.147 e. The van der Waals surface area contributed by atoms with Crippen LogP contribution in [0.15, 0.2) is 0 Å². The Bertz CT molecular complexity index is 376. The third-order valence-corrected chi connectivity index (χ3v) is 5.75. The van der Waals surface area contributed by atoms with Crippen molar-refractivity contribution >= 4 is 9.84 Å². The summed E-state index contributed by atoms with van der Waals surface area (Å²) in [6, 6.07) is 0.508. The molecule has 3 nitrogen and oxygen atoms in total. The standard InChI is InChI=1S/C16H33NO2S/c1-12(2)14-6-7-16(11-17-13(3)4)15(10-14)8-9-20(5,18)19/h12-17H,6-11H2,1-5H3. The molecule has 1 saturated carbocycles. The molecule has 0 spiro atoms. The molecular weight excluding hydrogens is 270 g/mol. The monoisotopic (exact) mass is 303 g/mol. The summed E-state index contributed by atoms with van der Waals surface area (Å²) < 4.78 is 22.9. The molecule has 0 amide bonds. The van der Waals surface area contributed by atoms with Gasteiger partial charge >= 0.3 is 0 Å². The molecule has 0 bridgehead atoms. The Balaban J connectivity index is 2.61. The van der Waals surface area contributed by atoms with E-state index in [1.54, 1.807) is 0 Å². The van der Waals surface area contributed by atoms with E-state index in [1.165, 1.54) is 25.5 Å². The van der Waals surface area contributed by atoms with Gasteiger partial charge in [-0.2, -0.15) is 0 Å². The van der Waals surface area contributed by atoms with E-state index in [-0.39, 0.29) is 0 Å². The molecule has 1 rings (SSSR count). The third-order valence-electron chi connectivity index (χ3n) is 4.77. The summed E-state index contributed by atoms with van der Waals surface area (Å²) >= 11 is 0. The molecule has 0 saturated heterocycles. The molecule has 0 heterocycles. The number of hydrogen-bond donors (Lipinski definition) is 1. The van der Waals surface area contributed by atoms with E-state index in [2.05, 4.69) is 33.0 Å². The van der Waals surface area contributed by atoms with Gasteiger partial charge in [-0.25, -0.2) is 8.42 Å². The summed E-state index contributed by atoms with van der Waals surface area (Å²) in [7, 11) is -2.84. The van der Waals surface area contributed by atoms with E-state index in [1.807, 2.05) is 0 Å². The minimum absolute atomic E-state index is 0.348. The molecule has 1 N–H and O–H groups in total. The maximum atomic E-state index is 11.4. The SMILES string of the molecule is CC(C)NCC1CCC(C(C)C)CC1CCS(C)(=O)=O. The van der Waals surface area contributed by atoms with Crippen molar-refractivity contribution in [1.82, 2.24) is 5.32 Å². The maximum absolute atomic E-state index is 11.4. The quantitative estimate of drug-likeness (QED) is 0.786. The fourth-order valence-corrected chi connectivity index (χ4v) is 4.07. The second kappa shape index (κ2) is 7.79. The average molecular weight is 304 g/mol. The first-order chi connectivity index (χ1) is 9.19. The predicted molar refractivity (Wildman–Crippen MR) is 86.6 cm³/mol. The minimum Gasteiger partial charge on any atom is -0.314 e. The first-order valence-corrected chi connectivity index (χ1v) is 10.2. The first-order valence-electron chi connectivity index (χ1n) is 8.10. The minimum atomic E-state index is -2.84. The van der Waals surface area contributed by atoms with Crippen molar-refractivity contribution in [3.8, 4) is 0 Å². The molecule has 0 radical (unpaired) electrons. The van der Waals surface area contributed by atoms with Crippen LogP contribution in [0.1, 0.15) is 53.4 Å². The number of nitrogens with one attached hydrogen (secondary N) is 1. The summed E-state index contributed by atoms with van der Waals surface area (Å²) in [4.78, 5) is 0. The van der Waals surface area contributed by atoms with Gasteiger partial charge in [0.05, 0.1) is 5.75 Å². The smallest absolute Gasteiger partial charge is 0.147 e. The largest absolute Gasteiger partial charge is 0.314 e. The summed E-state index contributed by atoms with van der Waals surface area (Å²) in [6.45, 7) is 9.98. The van der Waals surface area contributed by atoms with E-state index < -0.39 is 9.84 Å². The zero-order valence-corrected chi connectivity index (χ0v) is 14.7. The Morgan fingerprint density at radius 3 is 2.25 bits per heavy atom. The van der Waals surface area contributed by atoms with E-state index in [0.717, 1.165) is 24.8 Å². The molecular formula is C16H33NO2S. The lowest BCUT2D eigenvalue weighted by molar-refractivity contribution is 0.140. The summed E-state index contributed by atoms with van der Waals surface area (Å²) in [5.74, 6) is 3.05. The van der Waals surface area contributed by atoms with Crippen molar-refractivity contribution in [2.75, 3.05) is 18.6 Å². The van der Waals surface area contributed by atoms with Gasteiger partial charge in [-0.3, -0.25) is 0 Å². The normalized spacial score (nSPS) is 28.2. The number of rotatable bonds is 7. The third kappa shape index (κ3) is 6.57. The number of sulfone groups is 1. The zero-order chi connectivity index (χ0) is 15.3. The summed E-state index contributed by atoms with van der Waals surface area (Å²) in [5.41, 5.74) is 0. The van der Waals surface area contributed by atoms with Crippen LogP contribution >= 0.6 is 0 Å². The highest BCUT2D eigenvalue weighted by molar-refractivity contribution is 7.90. The van der Waals surface area contributed by atoms with Crippen molar-refractivity contribution < 1.29 is 8.42 Å². The van der Waals surface area contributed by atoms with Gasteiger partial charge in [-0.1, -0.05) is 27.7 Å². The molecule has 120 valence electrons. The van der Waals surface area contributed by atoms with Crippen LogP contribution in [0, 0.1) is 23.7 Å². The first kappa shape index (κ1) is 18.0. The van der Waals surface area contributed by atoms with Crippen LogP contribution in [0.3, 0.4) is 0 Å². The van der Waals surface area contributed by atoms with E-state index in [0.29, 0.717) is 23.6 Å². The Kier molecular flexibility index (Phi) is 6.99. The second-order valence-electron chi connectivity index (χ2n) is 7.32. The topological polar surface area (TPSA) is 46.2 Å². The van der Waals surface area contributed by atoms with E-state index in [4.69, 9.17) is 0 Å². The molecule has 0 aliphatic heterocycles. The van der Waals surface area contributed by atoms with Crippen LogP contribution in [0.25, 0.3) is 0 Å². The Morgan fingerprint density at radius 2 is 1.75 bits per heavy atom. The van der Waals surface area contributed by atoms with E-state index in [9.17, 15) is 8.42 Å². The lowest BCUT2D eigenvalue weighted by atomic mass is 9.69. The lowest BCUT2D eigenvalue weighted by Gasteiger charge is -2.38. The molecule has 20 heavy (non-hydrogen) atoms. The van der Waals surface area contributed by atoms with Crippen LogP contribution in [-0.4, -0.2) is 33.0 Å². The van der Waals surface area contributed by atoms with Crippen molar-refractivity contribution in [3.63, 3.8) is 0 Å². The molecule has 3 unspecified atom stereocenters. The fraction of sp³-hybridized carbons (Fsp3) is 1.00. The molecule has 0 aromatic rings. The lowest BCUT2D eigenvalue weighted by Crippen LogP contribution is -2.37. The van der Waals surface area contributed by atoms with Crippen LogP contribution in [0.2, 0.25) is 0 Å². The van der Waals surface area contributed by atoms with Crippen molar-refractivity contribution in [3.05, 3.63) is 0 Å². The highest BCUT2D eigenvalue weighted by Crippen LogP contribution is 2.39. The van der Waals surface area contributed by atoms with Crippen LogP contribution < -0.4 is 5.32 Å². The average Bonchev–Trinajstić information content (AvgIpc) is 2.33. The molecule has 4 heteroatoms. The van der Waals surface area contributed by atoms with Gasteiger partial charge < -0.3 is 5.32 Å². The summed E-state index contributed by atoms with van der Waals surface area (Å²) in [5, 5.41) is 3.54. The van der Waals surface area contributed by atoms with Gasteiger partial charge in [-0.05, 0) is 55.9 Å². The molecule has 1 aliphatic rings. The molecule has 1 aliphatic carbocycles. The van der Waals surface area contributed by atoms with Crippen LogP contribution in [-0.2, 0) is 9.84 Å².